The second-order valence-corrected chi connectivity index (χ2v) is 7.33. The Morgan fingerprint density at radius 3 is 2.10 bits per heavy atom. The predicted octanol–water partition coefficient (Wildman–Crippen LogP) is 1.88. The van der Waals surface area contributed by atoms with E-state index in [1.807, 2.05) is 48.5 Å². The summed E-state index contributed by atoms with van der Waals surface area (Å²) in [7, 11) is 0. The molecule has 0 aliphatic heterocycles. The molecule has 0 fully saturated rings. The molecule has 21 heavy (non-hydrogen) atoms. The SMILES string of the molecule is CC(CC(N)=O)NCCN(C(=O)OC(C)(C)C)C(C)(C)C. The highest BCUT2D eigenvalue weighted by atomic mass is 16.6. The minimum Gasteiger partial charge on any atom is -0.444 e. The number of primary amides is 1. The zero-order valence-electron chi connectivity index (χ0n) is 14.4. The van der Waals surface area contributed by atoms with Gasteiger partial charge in [-0.05, 0) is 48.5 Å². The lowest BCUT2D eigenvalue weighted by Gasteiger charge is -2.37. The number of rotatable bonds is 6. The largest absolute Gasteiger partial charge is 0.444 e. The Morgan fingerprint density at radius 1 is 1.19 bits per heavy atom. The number of amides is 2. The molecule has 0 aliphatic rings. The minimum atomic E-state index is -0.521. The lowest BCUT2D eigenvalue weighted by Crippen LogP contribution is -2.51. The van der Waals surface area contributed by atoms with Crippen molar-refractivity contribution in [2.75, 3.05) is 13.1 Å². The van der Waals surface area contributed by atoms with E-state index in [0.717, 1.165) is 0 Å². The first-order valence-electron chi connectivity index (χ1n) is 7.35. The van der Waals surface area contributed by atoms with Gasteiger partial charge in [0.15, 0.2) is 0 Å². The van der Waals surface area contributed by atoms with Gasteiger partial charge in [0.25, 0.3) is 0 Å². The molecule has 0 aromatic carbocycles. The molecule has 2 amide bonds. The maximum Gasteiger partial charge on any atom is 0.410 e. The van der Waals surface area contributed by atoms with Crippen molar-refractivity contribution in [2.24, 2.45) is 5.73 Å². The molecule has 0 heterocycles. The molecule has 1 atom stereocenters. The standard InChI is InChI=1S/C15H31N3O3/c1-11(10-12(16)19)17-8-9-18(14(2,3)4)13(20)21-15(5,6)7/h11,17H,8-10H2,1-7H3,(H2,16,19). The molecule has 6 heteroatoms. The first-order chi connectivity index (χ1) is 9.33. The highest BCUT2D eigenvalue weighted by Gasteiger charge is 2.30. The van der Waals surface area contributed by atoms with Gasteiger partial charge in [0, 0.05) is 31.1 Å². The van der Waals surface area contributed by atoms with E-state index in [1.54, 1.807) is 4.90 Å². The summed E-state index contributed by atoms with van der Waals surface area (Å²) in [5, 5.41) is 3.18. The van der Waals surface area contributed by atoms with Crippen molar-refractivity contribution in [3.63, 3.8) is 0 Å². The Labute approximate surface area is 128 Å². The fourth-order valence-corrected chi connectivity index (χ4v) is 1.81. The Bertz CT molecular complexity index is 356. The summed E-state index contributed by atoms with van der Waals surface area (Å²) in [5.74, 6) is -0.338. The van der Waals surface area contributed by atoms with Crippen LogP contribution in [0.25, 0.3) is 0 Å². The van der Waals surface area contributed by atoms with Crippen LogP contribution in [0.1, 0.15) is 54.9 Å². The number of carbonyl (C=O) groups excluding carboxylic acids is 2. The van der Waals surface area contributed by atoms with E-state index >= 15 is 0 Å². The van der Waals surface area contributed by atoms with Gasteiger partial charge in [-0.2, -0.15) is 0 Å². The van der Waals surface area contributed by atoms with Crippen molar-refractivity contribution < 1.29 is 14.3 Å². The fraction of sp³-hybridized carbons (Fsp3) is 0.867. The maximum atomic E-state index is 12.3. The quantitative estimate of drug-likeness (QED) is 0.784. The van der Waals surface area contributed by atoms with Crippen LogP contribution in [0.4, 0.5) is 4.79 Å². The first-order valence-corrected chi connectivity index (χ1v) is 7.35. The molecule has 6 nitrogen and oxygen atoms in total. The third-order valence-electron chi connectivity index (χ3n) is 2.76. The third-order valence-corrected chi connectivity index (χ3v) is 2.76. The van der Waals surface area contributed by atoms with Crippen LogP contribution in [0, 0.1) is 0 Å². The summed E-state index contributed by atoms with van der Waals surface area (Å²) in [6.45, 7) is 14.4. The van der Waals surface area contributed by atoms with Gasteiger partial charge in [-0.25, -0.2) is 4.79 Å². The van der Waals surface area contributed by atoms with Crippen molar-refractivity contribution in [2.45, 2.75) is 72.1 Å². The zero-order valence-corrected chi connectivity index (χ0v) is 14.4. The van der Waals surface area contributed by atoms with E-state index in [0.29, 0.717) is 13.1 Å². The van der Waals surface area contributed by atoms with E-state index in [2.05, 4.69) is 5.32 Å². The Hall–Kier alpha value is -1.30. The van der Waals surface area contributed by atoms with Crippen molar-refractivity contribution in [1.29, 1.82) is 0 Å². The van der Waals surface area contributed by atoms with Crippen LogP contribution in [-0.2, 0) is 9.53 Å². The van der Waals surface area contributed by atoms with E-state index in [9.17, 15) is 9.59 Å². The second kappa shape index (κ2) is 7.64. The molecule has 0 bridgehead atoms. The van der Waals surface area contributed by atoms with E-state index in [1.165, 1.54) is 0 Å². The average Bonchev–Trinajstić information content (AvgIpc) is 2.18. The summed E-state index contributed by atoms with van der Waals surface area (Å²) in [5.41, 5.74) is 4.29. The minimum absolute atomic E-state index is 0.0112. The number of nitrogens with two attached hydrogens (primary N) is 1. The molecule has 0 saturated carbocycles. The van der Waals surface area contributed by atoms with E-state index in [4.69, 9.17) is 10.5 Å². The molecular formula is C15H31N3O3. The van der Waals surface area contributed by atoms with Crippen LogP contribution in [-0.4, -0.2) is 47.2 Å². The first kappa shape index (κ1) is 19.7. The number of nitrogens with zero attached hydrogens (tertiary/aromatic N) is 1. The normalized spacial score (nSPS) is 13.7. The Kier molecular flexibility index (Phi) is 7.16. The summed E-state index contributed by atoms with van der Waals surface area (Å²) >= 11 is 0. The van der Waals surface area contributed by atoms with E-state index < -0.39 is 5.60 Å². The van der Waals surface area contributed by atoms with Crippen molar-refractivity contribution in [3.8, 4) is 0 Å². The number of carbonyl (C=O) groups is 2. The number of nitrogens with one attached hydrogen (secondary N) is 1. The van der Waals surface area contributed by atoms with Crippen molar-refractivity contribution >= 4 is 12.0 Å². The Morgan fingerprint density at radius 2 is 1.71 bits per heavy atom. The molecular weight excluding hydrogens is 270 g/mol. The fourth-order valence-electron chi connectivity index (χ4n) is 1.81. The van der Waals surface area contributed by atoms with Gasteiger partial charge in [0.1, 0.15) is 5.60 Å². The molecule has 0 rings (SSSR count). The number of ether oxygens (including phenoxy) is 1. The summed E-state index contributed by atoms with van der Waals surface area (Å²) < 4.78 is 5.43. The maximum absolute atomic E-state index is 12.3. The predicted molar refractivity (Wildman–Crippen MR) is 84.0 cm³/mol. The van der Waals surface area contributed by atoms with E-state index in [-0.39, 0.29) is 30.0 Å². The Balaban J connectivity index is 4.53. The summed E-state index contributed by atoms with van der Waals surface area (Å²) in [6.07, 6.45) is -0.0542. The molecule has 0 aromatic rings. The average molecular weight is 301 g/mol. The zero-order chi connectivity index (χ0) is 16.8. The third kappa shape index (κ3) is 9.28. The van der Waals surface area contributed by atoms with Gasteiger partial charge in [0.05, 0.1) is 0 Å². The van der Waals surface area contributed by atoms with Gasteiger partial charge in [-0.3, -0.25) is 4.79 Å². The van der Waals surface area contributed by atoms with Gasteiger partial charge in [-0.15, -0.1) is 0 Å². The van der Waals surface area contributed by atoms with Crippen LogP contribution < -0.4 is 11.1 Å². The second-order valence-electron chi connectivity index (χ2n) is 7.33. The topological polar surface area (TPSA) is 84.7 Å². The highest BCUT2D eigenvalue weighted by molar-refractivity contribution is 5.74. The van der Waals surface area contributed by atoms with Gasteiger partial charge >= 0.3 is 6.09 Å². The lowest BCUT2D eigenvalue weighted by molar-refractivity contribution is -0.118. The molecule has 3 N–H and O–H groups in total. The van der Waals surface area contributed by atoms with Crippen LogP contribution in [0.3, 0.4) is 0 Å². The molecule has 0 saturated heterocycles. The lowest BCUT2D eigenvalue weighted by atomic mass is 10.1. The summed E-state index contributed by atoms with van der Waals surface area (Å²) in [6, 6.07) is -0.0112. The number of hydrogen-bond donors (Lipinski definition) is 2. The van der Waals surface area contributed by atoms with Gasteiger partial charge in [-0.1, -0.05) is 0 Å². The highest BCUT2D eigenvalue weighted by Crippen LogP contribution is 2.17. The molecule has 124 valence electrons. The van der Waals surface area contributed by atoms with Crippen LogP contribution in [0.2, 0.25) is 0 Å². The smallest absolute Gasteiger partial charge is 0.410 e. The molecule has 1 unspecified atom stereocenters. The number of hydrogen-bond acceptors (Lipinski definition) is 4. The summed E-state index contributed by atoms with van der Waals surface area (Å²) in [4.78, 5) is 24.8. The monoisotopic (exact) mass is 301 g/mol. The molecule has 0 spiro atoms. The van der Waals surface area contributed by atoms with Crippen LogP contribution in [0.5, 0.6) is 0 Å². The van der Waals surface area contributed by atoms with Crippen LogP contribution >= 0.6 is 0 Å². The molecule has 0 aliphatic carbocycles. The molecule has 0 aromatic heterocycles. The van der Waals surface area contributed by atoms with Gasteiger partial charge < -0.3 is 20.7 Å². The molecule has 0 radical (unpaired) electrons. The van der Waals surface area contributed by atoms with Gasteiger partial charge in [0.2, 0.25) is 5.91 Å². The van der Waals surface area contributed by atoms with Crippen molar-refractivity contribution in [1.82, 2.24) is 10.2 Å². The van der Waals surface area contributed by atoms with Crippen LogP contribution in [0.15, 0.2) is 0 Å². The van der Waals surface area contributed by atoms with Crippen molar-refractivity contribution in [3.05, 3.63) is 0 Å².